The molecule has 3 aromatic heterocycles. The lowest BCUT2D eigenvalue weighted by molar-refractivity contribution is 0.669. The highest BCUT2D eigenvalue weighted by Crippen LogP contribution is 2.44. The molecule has 0 aliphatic rings. The van der Waals surface area contributed by atoms with E-state index in [4.69, 9.17) is 19.4 Å². The molecule has 0 radical (unpaired) electrons. The lowest BCUT2D eigenvalue weighted by atomic mass is 10.00. The second kappa shape index (κ2) is 11.2. The summed E-state index contributed by atoms with van der Waals surface area (Å²) in [6.45, 7) is 0. The Balaban J connectivity index is 1.21. The highest BCUT2D eigenvalue weighted by Gasteiger charge is 2.22. The Morgan fingerprint density at radius 2 is 0.904 bits per heavy atom. The van der Waals surface area contributed by atoms with Gasteiger partial charge >= 0.3 is 0 Å². The minimum atomic E-state index is 0.564. The maximum Gasteiger partial charge on any atom is 0.167 e. The standard InChI is InChI=1S/C47H28N4O/c1-3-15-31(16-4-1)45-48-46(32-17-5-2-6-18-32)50-47(49-45)36-22-11-21-35-41-37(23-12-24-40(41)52-44(35)36)51-38-27-25-29-13-7-9-19-33(29)42(38)43-34-20-10-8-14-30(34)26-28-39(43)51/h1-28H. The van der Waals surface area contributed by atoms with Crippen LogP contribution in [0.5, 0.6) is 0 Å². The summed E-state index contributed by atoms with van der Waals surface area (Å²) < 4.78 is 9.23. The summed E-state index contributed by atoms with van der Waals surface area (Å²) in [6.07, 6.45) is 0. The number of fused-ring (bicyclic) bond motifs is 10. The molecule has 8 aromatic carbocycles. The fourth-order valence-electron chi connectivity index (χ4n) is 7.93. The lowest BCUT2D eigenvalue weighted by Crippen LogP contribution is -2.00. The number of rotatable bonds is 4. The van der Waals surface area contributed by atoms with Gasteiger partial charge in [-0.15, -0.1) is 0 Å². The second-order valence-electron chi connectivity index (χ2n) is 13.2. The van der Waals surface area contributed by atoms with Gasteiger partial charge in [0, 0.05) is 27.3 Å². The fourth-order valence-corrected chi connectivity index (χ4v) is 7.93. The van der Waals surface area contributed by atoms with Crippen molar-refractivity contribution in [2.45, 2.75) is 0 Å². The van der Waals surface area contributed by atoms with Gasteiger partial charge in [-0.25, -0.2) is 15.0 Å². The van der Waals surface area contributed by atoms with Crippen LogP contribution in [0, 0.1) is 0 Å². The molecular formula is C47H28N4O. The Morgan fingerprint density at radius 3 is 1.52 bits per heavy atom. The van der Waals surface area contributed by atoms with Crippen LogP contribution in [0.15, 0.2) is 174 Å². The van der Waals surface area contributed by atoms with E-state index in [-0.39, 0.29) is 0 Å². The van der Waals surface area contributed by atoms with Crippen molar-refractivity contribution in [3.63, 3.8) is 0 Å². The van der Waals surface area contributed by atoms with E-state index >= 15 is 0 Å². The van der Waals surface area contributed by atoms with Gasteiger partial charge in [0.15, 0.2) is 17.5 Å². The van der Waals surface area contributed by atoms with Crippen LogP contribution in [0.1, 0.15) is 0 Å². The summed E-state index contributed by atoms with van der Waals surface area (Å²) in [6, 6.07) is 59.1. The lowest BCUT2D eigenvalue weighted by Gasteiger charge is -2.10. The Kier molecular flexibility index (Phi) is 6.18. The molecule has 11 rings (SSSR count). The van der Waals surface area contributed by atoms with Gasteiger partial charge in [-0.05, 0) is 51.9 Å². The van der Waals surface area contributed by atoms with Gasteiger partial charge in [0.25, 0.3) is 0 Å². The van der Waals surface area contributed by atoms with Gasteiger partial charge in [-0.1, -0.05) is 140 Å². The third kappa shape index (κ3) is 4.26. The monoisotopic (exact) mass is 664 g/mol. The maximum atomic E-state index is 6.82. The van der Waals surface area contributed by atoms with Crippen molar-refractivity contribution >= 4 is 65.3 Å². The van der Waals surface area contributed by atoms with Gasteiger partial charge in [0.2, 0.25) is 0 Å². The van der Waals surface area contributed by atoms with Crippen molar-refractivity contribution in [3.8, 4) is 39.9 Å². The van der Waals surface area contributed by atoms with Crippen LogP contribution >= 0.6 is 0 Å². The average Bonchev–Trinajstić information content (AvgIpc) is 3.78. The number of benzene rings is 8. The Hall–Kier alpha value is -7.11. The average molecular weight is 665 g/mol. The first-order valence-corrected chi connectivity index (χ1v) is 17.5. The molecule has 0 fully saturated rings. The Morgan fingerprint density at radius 1 is 0.385 bits per heavy atom. The van der Waals surface area contributed by atoms with Gasteiger partial charge < -0.3 is 8.98 Å². The van der Waals surface area contributed by atoms with E-state index < -0.39 is 0 Å². The molecule has 0 saturated heterocycles. The minimum Gasteiger partial charge on any atom is -0.455 e. The van der Waals surface area contributed by atoms with Crippen LogP contribution in [-0.2, 0) is 0 Å². The Bertz CT molecular complexity index is 3030. The topological polar surface area (TPSA) is 56.7 Å². The molecule has 242 valence electrons. The van der Waals surface area contributed by atoms with Gasteiger partial charge in [-0.3, -0.25) is 0 Å². The normalized spacial score (nSPS) is 11.8. The zero-order valence-electron chi connectivity index (χ0n) is 27.9. The Labute approximate surface area is 298 Å². The number of hydrogen-bond donors (Lipinski definition) is 0. The summed E-state index contributed by atoms with van der Waals surface area (Å²) in [4.78, 5) is 15.0. The molecule has 0 N–H and O–H groups in total. The molecule has 0 aliphatic carbocycles. The first-order valence-electron chi connectivity index (χ1n) is 17.5. The van der Waals surface area contributed by atoms with Gasteiger partial charge in [0.05, 0.1) is 27.7 Å². The molecule has 52 heavy (non-hydrogen) atoms. The van der Waals surface area contributed by atoms with E-state index in [0.717, 1.165) is 55.3 Å². The summed E-state index contributed by atoms with van der Waals surface area (Å²) >= 11 is 0. The zero-order chi connectivity index (χ0) is 34.2. The smallest absolute Gasteiger partial charge is 0.167 e. The molecule has 0 spiro atoms. The number of furan rings is 1. The van der Waals surface area contributed by atoms with E-state index in [0.29, 0.717) is 17.5 Å². The van der Waals surface area contributed by atoms with Crippen LogP contribution in [0.25, 0.3) is 105 Å². The molecule has 0 aliphatic heterocycles. The maximum absolute atomic E-state index is 6.82. The molecular weight excluding hydrogens is 637 g/mol. The van der Waals surface area contributed by atoms with Crippen LogP contribution < -0.4 is 0 Å². The van der Waals surface area contributed by atoms with Gasteiger partial charge in [0.1, 0.15) is 11.2 Å². The van der Waals surface area contributed by atoms with Crippen molar-refractivity contribution < 1.29 is 4.42 Å². The van der Waals surface area contributed by atoms with Crippen molar-refractivity contribution in [2.24, 2.45) is 0 Å². The molecule has 5 heteroatoms. The van der Waals surface area contributed by atoms with E-state index in [1.54, 1.807) is 0 Å². The molecule has 3 heterocycles. The molecule has 0 amide bonds. The third-order valence-electron chi connectivity index (χ3n) is 10.2. The number of para-hydroxylation sites is 1. The second-order valence-corrected chi connectivity index (χ2v) is 13.2. The van der Waals surface area contributed by atoms with Crippen LogP contribution in [0.4, 0.5) is 0 Å². The third-order valence-corrected chi connectivity index (χ3v) is 10.2. The highest BCUT2D eigenvalue weighted by atomic mass is 16.3. The van der Waals surface area contributed by atoms with Gasteiger partial charge in [-0.2, -0.15) is 0 Å². The predicted octanol–water partition coefficient (Wildman–Crippen LogP) is 12.2. The summed E-state index contributed by atoms with van der Waals surface area (Å²) in [7, 11) is 0. The first-order chi connectivity index (χ1) is 25.8. The highest BCUT2D eigenvalue weighted by molar-refractivity contribution is 6.29. The van der Waals surface area contributed by atoms with E-state index in [1.807, 2.05) is 66.7 Å². The largest absolute Gasteiger partial charge is 0.455 e. The predicted molar refractivity (Wildman–Crippen MR) is 213 cm³/mol. The molecule has 0 saturated carbocycles. The first kappa shape index (κ1) is 28.7. The molecule has 0 atom stereocenters. The summed E-state index contributed by atoms with van der Waals surface area (Å²) in [5, 5.41) is 9.48. The van der Waals surface area contributed by atoms with E-state index in [1.165, 1.54) is 32.3 Å². The quantitative estimate of drug-likeness (QED) is 0.188. The SMILES string of the molecule is c1ccc(-c2nc(-c3ccccc3)nc(-c3cccc4c3oc3cccc(-n5c6ccc7ccccc7c6c6c7ccccc7ccc65)c34)n2)cc1. The van der Waals surface area contributed by atoms with E-state index in [9.17, 15) is 0 Å². The summed E-state index contributed by atoms with van der Waals surface area (Å²) in [5.41, 5.74) is 7.58. The number of hydrogen-bond acceptors (Lipinski definition) is 4. The van der Waals surface area contributed by atoms with Crippen LogP contribution in [0.3, 0.4) is 0 Å². The molecule has 5 nitrogen and oxygen atoms in total. The van der Waals surface area contributed by atoms with Crippen molar-refractivity contribution in [1.82, 2.24) is 19.5 Å². The van der Waals surface area contributed by atoms with Crippen LogP contribution in [-0.4, -0.2) is 19.5 Å². The molecule has 0 bridgehead atoms. The van der Waals surface area contributed by atoms with Crippen molar-refractivity contribution in [3.05, 3.63) is 170 Å². The van der Waals surface area contributed by atoms with Crippen LogP contribution in [0.2, 0.25) is 0 Å². The fraction of sp³-hybridized carbons (Fsp3) is 0. The zero-order valence-corrected chi connectivity index (χ0v) is 27.9. The van der Waals surface area contributed by atoms with Crippen molar-refractivity contribution in [2.75, 3.05) is 0 Å². The number of aromatic nitrogens is 4. The summed E-state index contributed by atoms with van der Waals surface area (Å²) in [5.74, 6) is 1.79. The van der Waals surface area contributed by atoms with E-state index in [2.05, 4.69) is 108 Å². The molecule has 0 unspecified atom stereocenters. The number of nitrogens with zero attached hydrogens (tertiary/aromatic N) is 4. The van der Waals surface area contributed by atoms with Crippen molar-refractivity contribution in [1.29, 1.82) is 0 Å². The minimum absolute atomic E-state index is 0.564. The molecule has 11 aromatic rings.